The van der Waals surface area contributed by atoms with Crippen molar-refractivity contribution >= 4 is 22.7 Å². The number of hydrogen-bond acceptors (Lipinski definition) is 7. The van der Waals surface area contributed by atoms with Gasteiger partial charge in [-0.25, -0.2) is 4.98 Å². The van der Waals surface area contributed by atoms with Crippen molar-refractivity contribution in [3.05, 3.63) is 76.5 Å². The van der Waals surface area contributed by atoms with Gasteiger partial charge >= 0.3 is 0 Å². The Hall–Kier alpha value is -4.11. The van der Waals surface area contributed by atoms with Gasteiger partial charge in [-0.15, -0.1) is 0 Å². The number of aromatic nitrogens is 2. The Bertz CT molecular complexity index is 1460. The third kappa shape index (κ3) is 4.22. The van der Waals surface area contributed by atoms with Gasteiger partial charge in [-0.1, -0.05) is 43.7 Å². The lowest BCUT2D eigenvalue weighted by atomic mass is 10.1. The number of nitrogens with one attached hydrogen (secondary N) is 1. The number of aliphatic hydroxyl groups is 1. The maximum Gasteiger partial charge on any atom is 0.275 e. The molecule has 2 N–H and O–H groups in total. The molecule has 186 valence electrons. The number of carbonyl (C=O) groups is 1. The molecule has 1 unspecified atom stereocenters. The Morgan fingerprint density at radius 1 is 1.14 bits per heavy atom. The molecule has 2 aromatic carbocycles. The molecule has 3 heterocycles. The highest BCUT2D eigenvalue weighted by Gasteiger charge is 2.35. The maximum atomic E-state index is 13.0. The first-order valence-corrected chi connectivity index (χ1v) is 12.1. The third-order valence-electron chi connectivity index (χ3n) is 6.34. The molecule has 0 radical (unpaired) electrons. The molecule has 1 aliphatic rings. The average Bonchev–Trinajstić information content (AvgIpc) is 3.27. The first-order chi connectivity index (χ1) is 17.5. The number of unbranched alkanes of at least 4 members (excludes halogenated alkanes) is 1. The van der Waals surface area contributed by atoms with Crippen molar-refractivity contribution in [2.45, 2.75) is 46.2 Å². The summed E-state index contributed by atoms with van der Waals surface area (Å²) in [6, 6.07) is 14.5. The molecule has 0 aliphatic carbocycles. The number of anilines is 1. The molecule has 2 aromatic heterocycles. The third-order valence-corrected chi connectivity index (χ3v) is 6.34. The monoisotopic (exact) mass is 488 g/mol. The van der Waals surface area contributed by atoms with Crippen LogP contribution in [0.3, 0.4) is 0 Å². The lowest BCUT2D eigenvalue weighted by Crippen LogP contribution is -2.53. The van der Waals surface area contributed by atoms with E-state index in [1.54, 1.807) is 27.7 Å². The molecule has 0 bridgehead atoms. The molecular weight excluding hydrogens is 460 g/mol. The maximum absolute atomic E-state index is 13.0. The van der Waals surface area contributed by atoms with Crippen molar-refractivity contribution in [3.63, 3.8) is 0 Å². The van der Waals surface area contributed by atoms with Crippen molar-refractivity contribution in [1.29, 1.82) is 0 Å². The molecule has 1 aliphatic heterocycles. The number of hydrogen-bond donors (Lipinski definition) is 2. The molecule has 0 saturated heterocycles. The average molecular weight is 489 g/mol. The van der Waals surface area contributed by atoms with E-state index in [1.165, 1.54) is 6.26 Å². The first-order valence-electron chi connectivity index (χ1n) is 12.1. The van der Waals surface area contributed by atoms with Gasteiger partial charge in [0.05, 0.1) is 10.9 Å². The number of imidazole rings is 1. The van der Waals surface area contributed by atoms with E-state index in [-0.39, 0.29) is 17.9 Å². The van der Waals surface area contributed by atoms with Gasteiger partial charge in [-0.2, -0.15) is 0 Å². The number of ether oxygens (including phenoxy) is 1. The van der Waals surface area contributed by atoms with Gasteiger partial charge in [0.25, 0.3) is 5.91 Å². The molecule has 0 saturated carbocycles. The fourth-order valence-electron chi connectivity index (χ4n) is 4.46. The fourth-order valence-corrected chi connectivity index (χ4v) is 4.46. The zero-order valence-electron chi connectivity index (χ0n) is 20.2. The topological polar surface area (TPSA) is 110 Å². The van der Waals surface area contributed by atoms with Gasteiger partial charge in [-0.3, -0.25) is 9.59 Å². The smallest absolute Gasteiger partial charge is 0.275 e. The number of rotatable bonds is 8. The van der Waals surface area contributed by atoms with Crippen LogP contribution in [-0.4, -0.2) is 33.5 Å². The molecule has 1 atom stereocenters. The number of carbonyl (C=O) groups excluding carboxylic acids is 1. The number of aliphatic hydroxyl groups excluding tert-OH is 1. The van der Waals surface area contributed by atoms with Gasteiger partial charge < -0.3 is 29.0 Å². The highest BCUT2D eigenvalue weighted by atomic mass is 16.5. The summed E-state index contributed by atoms with van der Waals surface area (Å²) in [4.78, 5) is 32.0. The molecule has 4 aromatic rings. The lowest BCUT2D eigenvalue weighted by molar-refractivity contribution is 0.0731. The second-order valence-corrected chi connectivity index (χ2v) is 8.63. The minimum atomic E-state index is -1.12. The molecular formula is C27H28N4O5. The second kappa shape index (κ2) is 9.87. The molecule has 9 nitrogen and oxygen atoms in total. The van der Waals surface area contributed by atoms with Crippen molar-refractivity contribution in [2.24, 2.45) is 0 Å². The number of nitrogens with zero attached hydrogens (tertiary/aromatic N) is 3. The van der Waals surface area contributed by atoms with Crippen LogP contribution in [0.4, 0.5) is 5.82 Å². The van der Waals surface area contributed by atoms with Crippen LogP contribution < -0.4 is 20.4 Å². The molecule has 36 heavy (non-hydrogen) atoms. The van der Waals surface area contributed by atoms with Gasteiger partial charge in [0, 0.05) is 19.2 Å². The van der Waals surface area contributed by atoms with E-state index >= 15 is 0 Å². The van der Waals surface area contributed by atoms with E-state index in [4.69, 9.17) is 9.15 Å². The predicted octanol–water partition coefficient (Wildman–Crippen LogP) is 3.88. The Balaban J connectivity index is 1.41. The largest absolute Gasteiger partial charge is 0.486 e. The summed E-state index contributed by atoms with van der Waals surface area (Å²) in [5, 5.41) is 13.4. The van der Waals surface area contributed by atoms with Crippen LogP contribution in [0.5, 0.6) is 5.75 Å². The van der Waals surface area contributed by atoms with Gasteiger partial charge in [0.2, 0.25) is 6.35 Å². The van der Waals surface area contributed by atoms with E-state index in [2.05, 4.69) is 17.2 Å². The van der Waals surface area contributed by atoms with Crippen LogP contribution in [-0.2, 0) is 13.2 Å². The molecule has 1 amide bonds. The van der Waals surface area contributed by atoms with Crippen LogP contribution in [0.2, 0.25) is 0 Å². The van der Waals surface area contributed by atoms with Crippen molar-refractivity contribution in [2.75, 3.05) is 11.4 Å². The standard InChI is InChI=1S/C27H28N4O5/c1-3-5-13-31-25-23(26(33)29-27(31)34)30(4-2)22(28-25)16-35-18-11-12-19-21(14-18)36-15-20(24(19)32)17-9-7-6-8-10-17/h6-12,14-15,27,34H,3-5,13,16H2,1-2H3,(H,29,33). The SMILES string of the molecule is CCCCN1c2nc(COc3ccc4c(=O)c(-c5ccccc5)coc4c3)n(CC)c2C(=O)NC1O. The Kier molecular flexibility index (Phi) is 6.47. The highest BCUT2D eigenvalue weighted by molar-refractivity contribution is 5.99. The Labute approximate surface area is 207 Å². The summed E-state index contributed by atoms with van der Waals surface area (Å²) >= 11 is 0. The summed E-state index contributed by atoms with van der Waals surface area (Å²) in [5.74, 6) is 1.16. The van der Waals surface area contributed by atoms with Crippen molar-refractivity contribution in [3.8, 4) is 16.9 Å². The summed E-state index contributed by atoms with van der Waals surface area (Å²) in [5.41, 5.74) is 2.02. The van der Waals surface area contributed by atoms with Gasteiger partial charge in [0.1, 0.15) is 30.0 Å². The normalized spacial score (nSPS) is 15.1. The predicted molar refractivity (Wildman–Crippen MR) is 136 cm³/mol. The molecule has 5 rings (SSSR count). The molecule has 0 fully saturated rings. The van der Waals surface area contributed by atoms with Gasteiger partial charge in [0.15, 0.2) is 16.9 Å². The van der Waals surface area contributed by atoms with E-state index < -0.39 is 6.35 Å². The zero-order valence-corrected chi connectivity index (χ0v) is 20.2. The second-order valence-electron chi connectivity index (χ2n) is 8.63. The molecule has 9 heteroatoms. The fraction of sp³-hybridized carbons (Fsp3) is 0.296. The quantitative estimate of drug-likeness (QED) is 0.387. The van der Waals surface area contributed by atoms with E-state index in [0.29, 0.717) is 52.7 Å². The van der Waals surface area contributed by atoms with Gasteiger partial charge in [-0.05, 0) is 31.0 Å². The minimum Gasteiger partial charge on any atom is -0.486 e. The summed E-state index contributed by atoms with van der Waals surface area (Å²) in [7, 11) is 0. The zero-order chi connectivity index (χ0) is 25.2. The number of fused-ring (bicyclic) bond motifs is 2. The lowest BCUT2D eigenvalue weighted by Gasteiger charge is -2.33. The molecule has 0 spiro atoms. The Morgan fingerprint density at radius 3 is 2.69 bits per heavy atom. The summed E-state index contributed by atoms with van der Waals surface area (Å²) in [6.45, 7) is 5.17. The highest BCUT2D eigenvalue weighted by Crippen LogP contribution is 2.28. The van der Waals surface area contributed by atoms with E-state index in [0.717, 1.165) is 18.4 Å². The number of amides is 1. The number of benzene rings is 2. The first kappa shape index (κ1) is 23.6. The van der Waals surface area contributed by atoms with Crippen molar-refractivity contribution in [1.82, 2.24) is 14.9 Å². The minimum absolute atomic E-state index is 0.101. The van der Waals surface area contributed by atoms with E-state index in [1.807, 2.05) is 37.3 Å². The summed E-state index contributed by atoms with van der Waals surface area (Å²) in [6.07, 6.45) is 2.15. The Morgan fingerprint density at radius 2 is 1.94 bits per heavy atom. The van der Waals surface area contributed by atoms with Crippen molar-refractivity contribution < 1.29 is 19.1 Å². The van der Waals surface area contributed by atoms with Crippen LogP contribution in [0, 0.1) is 0 Å². The summed E-state index contributed by atoms with van der Waals surface area (Å²) < 4.78 is 13.6. The van der Waals surface area contributed by atoms with E-state index in [9.17, 15) is 14.7 Å². The van der Waals surface area contributed by atoms with Crippen LogP contribution >= 0.6 is 0 Å². The van der Waals surface area contributed by atoms with Crippen LogP contribution in [0.15, 0.2) is 64.0 Å². The van der Waals surface area contributed by atoms with Crippen LogP contribution in [0.25, 0.3) is 22.1 Å². The van der Waals surface area contributed by atoms with Crippen LogP contribution in [0.1, 0.15) is 43.0 Å².